The lowest BCUT2D eigenvalue weighted by atomic mass is 10.4. The highest BCUT2D eigenvalue weighted by Crippen LogP contribution is 2.28. The Balaban J connectivity index is 2.20. The smallest absolute Gasteiger partial charge is 0.268 e. The molecule has 0 unspecified atom stereocenters. The highest BCUT2D eigenvalue weighted by atomic mass is 79.9. The second-order valence-corrected chi connectivity index (χ2v) is 7.52. The average Bonchev–Trinajstić information content (AvgIpc) is 3.02. The van der Waals surface area contributed by atoms with Gasteiger partial charge in [-0.1, -0.05) is 25.2 Å². The Labute approximate surface area is 135 Å². The molecule has 2 aromatic heterocycles. The monoisotopic (exact) mass is 394 g/mol. The van der Waals surface area contributed by atoms with Gasteiger partial charge in [-0.15, -0.1) is 10.2 Å². The van der Waals surface area contributed by atoms with Gasteiger partial charge in [0.2, 0.25) is 5.13 Å². The number of aryl methyl sites for hydroxylation is 1. The van der Waals surface area contributed by atoms with E-state index in [-0.39, 0.29) is 14.7 Å². The number of nitrogens with zero attached hydrogens (tertiary/aromatic N) is 2. The Bertz CT molecular complexity index is 711. The number of aromatic nitrogens is 2. The van der Waals surface area contributed by atoms with Crippen molar-refractivity contribution in [1.29, 1.82) is 0 Å². The van der Waals surface area contributed by atoms with Crippen molar-refractivity contribution < 1.29 is 12.8 Å². The standard InChI is InChI=1S/C11H15BrN4O3S2/c1-3-9-14-15-11(20-9)16-21(17,18)8-5-7(6-13-4-2)19-10(8)12/h5,13H,3-4,6H2,1-2H3,(H,15,16). The summed E-state index contributed by atoms with van der Waals surface area (Å²) in [6.07, 6.45) is 0.710. The molecule has 2 aromatic rings. The van der Waals surface area contributed by atoms with Gasteiger partial charge in [0.25, 0.3) is 10.0 Å². The Morgan fingerprint density at radius 1 is 1.38 bits per heavy atom. The van der Waals surface area contributed by atoms with Crippen molar-refractivity contribution in [2.24, 2.45) is 0 Å². The third-order valence-electron chi connectivity index (χ3n) is 2.54. The molecule has 0 aliphatic rings. The summed E-state index contributed by atoms with van der Waals surface area (Å²) in [5, 5.41) is 11.8. The average molecular weight is 395 g/mol. The second-order valence-electron chi connectivity index (χ2n) is 4.09. The predicted molar refractivity (Wildman–Crippen MR) is 83.9 cm³/mol. The van der Waals surface area contributed by atoms with Crippen LogP contribution in [0.5, 0.6) is 0 Å². The number of hydrogen-bond donors (Lipinski definition) is 2. The minimum absolute atomic E-state index is 0.0450. The SMILES string of the molecule is CCNCc1cc(S(=O)(=O)Nc2nnc(CC)s2)c(Br)o1. The summed E-state index contributed by atoms with van der Waals surface area (Å²) in [6, 6.07) is 1.48. The quantitative estimate of drug-likeness (QED) is 0.747. The highest BCUT2D eigenvalue weighted by Gasteiger charge is 2.24. The molecular formula is C11H15BrN4O3S2. The zero-order chi connectivity index (χ0) is 15.5. The lowest BCUT2D eigenvalue weighted by Gasteiger charge is -2.01. The number of halogens is 1. The first-order valence-electron chi connectivity index (χ1n) is 6.30. The molecule has 2 heterocycles. The fourth-order valence-corrected chi connectivity index (χ4v) is 4.43. The molecular weight excluding hydrogens is 380 g/mol. The van der Waals surface area contributed by atoms with Crippen LogP contribution in [0.2, 0.25) is 0 Å². The van der Waals surface area contributed by atoms with Crippen LogP contribution in [0.1, 0.15) is 24.6 Å². The minimum Gasteiger partial charge on any atom is -0.451 e. The van der Waals surface area contributed by atoms with E-state index in [4.69, 9.17) is 4.42 Å². The molecule has 0 aliphatic heterocycles. The first-order chi connectivity index (χ1) is 9.96. The topological polar surface area (TPSA) is 97.1 Å². The van der Waals surface area contributed by atoms with Crippen molar-refractivity contribution in [3.63, 3.8) is 0 Å². The highest BCUT2D eigenvalue weighted by molar-refractivity contribution is 9.10. The Morgan fingerprint density at radius 3 is 2.76 bits per heavy atom. The Kier molecular flexibility index (Phi) is 5.36. The maximum atomic E-state index is 12.3. The molecule has 2 rings (SSSR count). The molecule has 0 aromatic carbocycles. The lowest BCUT2D eigenvalue weighted by Crippen LogP contribution is -2.13. The molecule has 0 aliphatic carbocycles. The lowest BCUT2D eigenvalue weighted by molar-refractivity contribution is 0.464. The molecule has 0 amide bonds. The van der Waals surface area contributed by atoms with Crippen LogP contribution in [0.4, 0.5) is 5.13 Å². The first kappa shape index (κ1) is 16.4. The van der Waals surface area contributed by atoms with Crippen LogP contribution in [0.25, 0.3) is 0 Å². The van der Waals surface area contributed by atoms with Gasteiger partial charge in [0, 0.05) is 6.07 Å². The van der Waals surface area contributed by atoms with E-state index in [2.05, 4.69) is 36.2 Å². The number of furan rings is 1. The first-order valence-corrected chi connectivity index (χ1v) is 9.39. The number of rotatable bonds is 7. The Morgan fingerprint density at radius 2 is 2.14 bits per heavy atom. The summed E-state index contributed by atoms with van der Waals surface area (Å²) in [5.41, 5.74) is 0. The largest absolute Gasteiger partial charge is 0.451 e. The van der Waals surface area contributed by atoms with Crippen molar-refractivity contribution in [3.8, 4) is 0 Å². The molecule has 0 bridgehead atoms. The van der Waals surface area contributed by atoms with E-state index in [1.165, 1.54) is 17.4 Å². The van der Waals surface area contributed by atoms with Crippen LogP contribution >= 0.6 is 27.3 Å². The summed E-state index contributed by atoms with van der Waals surface area (Å²) < 4.78 is 32.6. The molecule has 10 heteroatoms. The summed E-state index contributed by atoms with van der Waals surface area (Å²) >= 11 is 4.34. The van der Waals surface area contributed by atoms with E-state index in [0.717, 1.165) is 11.6 Å². The van der Waals surface area contributed by atoms with E-state index in [1.807, 2.05) is 13.8 Å². The van der Waals surface area contributed by atoms with Gasteiger partial charge in [0.15, 0.2) is 4.67 Å². The van der Waals surface area contributed by atoms with Crippen molar-refractivity contribution in [1.82, 2.24) is 15.5 Å². The fourth-order valence-electron chi connectivity index (χ4n) is 1.52. The molecule has 0 saturated heterocycles. The van der Waals surface area contributed by atoms with Gasteiger partial charge in [-0.25, -0.2) is 8.42 Å². The molecule has 0 atom stereocenters. The van der Waals surface area contributed by atoms with Crippen LogP contribution in [0.3, 0.4) is 0 Å². The third kappa shape index (κ3) is 4.02. The number of nitrogens with one attached hydrogen (secondary N) is 2. The van der Waals surface area contributed by atoms with Crippen LogP contribution in [0, 0.1) is 0 Å². The number of anilines is 1. The summed E-state index contributed by atoms with van der Waals surface area (Å²) in [6.45, 7) is 5.11. The second kappa shape index (κ2) is 6.86. The van der Waals surface area contributed by atoms with Crippen LogP contribution in [-0.4, -0.2) is 25.2 Å². The normalized spacial score (nSPS) is 11.8. The van der Waals surface area contributed by atoms with E-state index in [1.54, 1.807) is 0 Å². The van der Waals surface area contributed by atoms with Gasteiger partial charge < -0.3 is 9.73 Å². The van der Waals surface area contributed by atoms with Crippen molar-refractivity contribution in [2.45, 2.75) is 31.7 Å². The van der Waals surface area contributed by atoms with Crippen molar-refractivity contribution in [2.75, 3.05) is 11.3 Å². The maximum Gasteiger partial charge on any atom is 0.268 e. The fraction of sp³-hybridized carbons (Fsp3) is 0.455. The zero-order valence-corrected chi connectivity index (χ0v) is 14.7. The minimum atomic E-state index is -3.75. The van der Waals surface area contributed by atoms with Gasteiger partial charge in [0.1, 0.15) is 15.7 Å². The van der Waals surface area contributed by atoms with Gasteiger partial charge in [-0.3, -0.25) is 4.72 Å². The molecule has 0 spiro atoms. The maximum absolute atomic E-state index is 12.3. The summed E-state index contributed by atoms with van der Waals surface area (Å²) in [5.74, 6) is 0.538. The molecule has 0 saturated carbocycles. The summed E-state index contributed by atoms with van der Waals surface area (Å²) in [4.78, 5) is 0.0450. The van der Waals surface area contributed by atoms with E-state index >= 15 is 0 Å². The van der Waals surface area contributed by atoms with Crippen LogP contribution < -0.4 is 10.0 Å². The number of sulfonamides is 1. The molecule has 7 nitrogen and oxygen atoms in total. The molecule has 116 valence electrons. The van der Waals surface area contributed by atoms with Gasteiger partial charge in [0.05, 0.1) is 6.54 Å². The summed E-state index contributed by atoms with van der Waals surface area (Å²) in [7, 11) is -3.75. The van der Waals surface area contributed by atoms with Crippen LogP contribution in [-0.2, 0) is 23.0 Å². The van der Waals surface area contributed by atoms with Crippen molar-refractivity contribution >= 4 is 42.4 Å². The Hall–Kier alpha value is -0.970. The third-order valence-corrected chi connectivity index (χ3v) is 5.84. The van der Waals surface area contributed by atoms with Gasteiger partial charge >= 0.3 is 0 Å². The molecule has 21 heavy (non-hydrogen) atoms. The van der Waals surface area contributed by atoms with E-state index < -0.39 is 10.0 Å². The van der Waals surface area contributed by atoms with Gasteiger partial charge in [-0.2, -0.15) is 0 Å². The van der Waals surface area contributed by atoms with Crippen molar-refractivity contribution in [3.05, 3.63) is 21.5 Å². The van der Waals surface area contributed by atoms with Gasteiger partial charge in [-0.05, 0) is 28.9 Å². The van der Waals surface area contributed by atoms with E-state index in [9.17, 15) is 8.42 Å². The van der Waals surface area contributed by atoms with Crippen LogP contribution in [0.15, 0.2) is 20.0 Å². The van der Waals surface area contributed by atoms with E-state index in [0.29, 0.717) is 18.7 Å². The zero-order valence-electron chi connectivity index (χ0n) is 11.5. The molecule has 0 radical (unpaired) electrons. The number of hydrogen-bond acceptors (Lipinski definition) is 7. The predicted octanol–water partition coefficient (Wildman–Crippen LogP) is 2.37. The molecule has 2 N–H and O–H groups in total. The molecule has 0 fully saturated rings.